The third kappa shape index (κ3) is 3.87. The number of benzene rings is 2. The second kappa shape index (κ2) is 8.41. The molecule has 1 atom stereocenters. The summed E-state index contributed by atoms with van der Waals surface area (Å²) < 4.78 is 21.4. The largest absolute Gasteiger partial charge is 0.379 e. The van der Waals surface area contributed by atoms with Gasteiger partial charge < -0.3 is 10.1 Å². The molecule has 0 bridgehead atoms. The van der Waals surface area contributed by atoms with Crippen LogP contribution in [0.3, 0.4) is 0 Å². The van der Waals surface area contributed by atoms with Gasteiger partial charge in [0.2, 0.25) is 0 Å². The van der Waals surface area contributed by atoms with Crippen LogP contribution in [0.2, 0.25) is 0 Å². The van der Waals surface area contributed by atoms with E-state index in [0.717, 1.165) is 41.4 Å². The van der Waals surface area contributed by atoms with Crippen molar-refractivity contribution in [3.05, 3.63) is 82.5 Å². The molecule has 0 aliphatic carbocycles. The highest BCUT2D eigenvalue weighted by atomic mass is 19.1. The molecule has 0 radical (unpaired) electrons. The van der Waals surface area contributed by atoms with E-state index in [1.54, 1.807) is 18.2 Å². The maximum atomic E-state index is 13.8. The van der Waals surface area contributed by atoms with E-state index in [1.807, 2.05) is 30.6 Å². The van der Waals surface area contributed by atoms with Gasteiger partial charge in [-0.05, 0) is 35.0 Å². The lowest BCUT2D eigenvalue weighted by molar-refractivity contribution is 0.00861. The van der Waals surface area contributed by atoms with Gasteiger partial charge in [-0.3, -0.25) is 9.47 Å². The number of nitrogens with zero attached hydrogens (tertiary/aromatic N) is 4. The molecular formula is C23H22FN5O2. The zero-order valence-corrected chi connectivity index (χ0v) is 16.9. The van der Waals surface area contributed by atoms with Crippen molar-refractivity contribution < 1.29 is 9.13 Å². The Morgan fingerprint density at radius 2 is 1.97 bits per heavy atom. The molecule has 1 fully saturated rings. The van der Waals surface area contributed by atoms with Crippen LogP contribution in [0.5, 0.6) is 0 Å². The first kappa shape index (κ1) is 19.6. The SMILES string of the molecule is O=Nc1ccc(-c2c(Cc3cccc(F)c3)nc3n2C=CNC3N2CCOCC2)cc1. The Kier molecular flexibility index (Phi) is 5.31. The summed E-state index contributed by atoms with van der Waals surface area (Å²) in [5.74, 6) is 0.612. The Morgan fingerprint density at radius 1 is 1.16 bits per heavy atom. The Balaban J connectivity index is 1.60. The molecule has 1 saturated heterocycles. The number of nitroso groups, excluding NO2 is 1. The van der Waals surface area contributed by atoms with Crippen LogP contribution >= 0.6 is 0 Å². The topological polar surface area (TPSA) is 71.8 Å². The number of nitrogens with one attached hydrogen (secondary N) is 1. The van der Waals surface area contributed by atoms with Crippen molar-refractivity contribution in [1.82, 2.24) is 19.8 Å². The predicted octanol–water partition coefficient (Wildman–Crippen LogP) is 4.04. The van der Waals surface area contributed by atoms with E-state index in [4.69, 9.17) is 9.72 Å². The van der Waals surface area contributed by atoms with E-state index in [1.165, 1.54) is 12.1 Å². The molecule has 0 saturated carbocycles. The molecule has 2 aliphatic rings. The fourth-order valence-electron chi connectivity index (χ4n) is 4.18. The van der Waals surface area contributed by atoms with Gasteiger partial charge in [0.05, 0.1) is 24.6 Å². The quantitative estimate of drug-likeness (QED) is 0.632. The average Bonchev–Trinajstić information content (AvgIpc) is 3.17. The molecule has 0 amide bonds. The summed E-state index contributed by atoms with van der Waals surface area (Å²) in [6, 6.07) is 13.7. The normalized spacial score (nSPS) is 18.4. The van der Waals surface area contributed by atoms with Crippen LogP contribution in [0.15, 0.2) is 59.9 Å². The van der Waals surface area contributed by atoms with E-state index < -0.39 is 0 Å². The number of morpholine rings is 1. The van der Waals surface area contributed by atoms with Crippen molar-refractivity contribution in [2.75, 3.05) is 26.3 Å². The van der Waals surface area contributed by atoms with Crippen LogP contribution in [-0.4, -0.2) is 40.8 Å². The minimum Gasteiger partial charge on any atom is -0.379 e. The van der Waals surface area contributed by atoms with Gasteiger partial charge in [0.15, 0.2) is 5.82 Å². The molecule has 3 heterocycles. The summed E-state index contributed by atoms with van der Waals surface area (Å²) in [5, 5.41) is 6.42. The van der Waals surface area contributed by atoms with Crippen molar-refractivity contribution in [1.29, 1.82) is 0 Å². The van der Waals surface area contributed by atoms with Crippen molar-refractivity contribution in [2.45, 2.75) is 12.6 Å². The Labute approximate surface area is 179 Å². The van der Waals surface area contributed by atoms with E-state index in [9.17, 15) is 9.30 Å². The molecule has 1 unspecified atom stereocenters. The van der Waals surface area contributed by atoms with E-state index in [0.29, 0.717) is 25.3 Å². The fourth-order valence-corrected chi connectivity index (χ4v) is 4.18. The molecule has 5 rings (SSSR count). The highest BCUT2D eigenvalue weighted by Gasteiger charge is 2.30. The lowest BCUT2D eigenvalue weighted by atomic mass is 10.0. The highest BCUT2D eigenvalue weighted by Crippen LogP contribution is 2.33. The third-order valence-corrected chi connectivity index (χ3v) is 5.65. The van der Waals surface area contributed by atoms with Gasteiger partial charge in [-0.15, -0.1) is 4.91 Å². The third-order valence-electron chi connectivity index (χ3n) is 5.65. The number of ether oxygens (including phenoxy) is 1. The molecule has 158 valence electrons. The lowest BCUT2D eigenvalue weighted by Crippen LogP contribution is -2.45. The summed E-state index contributed by atoms with van der Waals surface area (Å²) in [6.07, 6.45) is 4.29. The van der Waals surface area contributed by atoms with Crippen molar-refractivity contribution in [2.24, 2.45) is 5.18 Å². The van der Waals surface area contributed by atoms with Crippen LogP contribution < -0.4 is 5.32 Å². The summed E-state index contributed by atoms with van der Waals surface area (Å²) in [6.45, 7) is 3.00. The van der Waals surface area contributed by atoms with Crippen molar-refractivity contribution >= 4 is 11.9 Å². The van der Waals surface area contributed by atoms with Crippen LogP contribution in [0, 0.1) is 10.7 Å². The second-order valence-electron chi connectivity index (χ2n) is 7.61. The zero-order chi connectivity index (χ0) is 21.2. The van der Waals surface area contributed by atoms with Gasteiger partial charge >= 0.3 is 0 Å². The van der Waals surface area contributed by atoms with E-state index >= 15 is 0 Å². The maximum absolute atomic E-state index is 13.8. The number of hydrogen-bond donors (Lipinski definition) is 1. The first-order valence-corrected chi connectivity index (χ1v) is 10.3. The maximum Gasteiger partial charge on any atom is 0.151 e. The molecule has 1 N–H and O–H groups in total. The zero-order valence-electron chi connectivity index (χ0n) is 16.9. The molecular weight excluding hydrogens is 397 g/mol. The molecule has 31 heavy (non-hydrogen) atoms. The summed E-state index contributed by atoms with van der Waals surface area (Å²) in [5.41, 5.74) is 3.91. The number of halogens is 1. The Morgan fingerprint density at radius 3 is 2.71 bits per heavy atom. The number of fused-ring (bicyclic) bond motifs is 1. The first-order chi connectivity index (χ1) is 15.2. The Bertz CT molecular complexity index is 1120. The van der Waals surface area contributed by atoms with Gasteiger partial charge in [0.25, 0.3) is 0 Å². The Hall–Kier alpha value is -3.36. The lowest BCUT2D eigenvalue weighted by Gasteiger charge is -2.35. The summed E-state index contributed by atoms with van der Waals surface area (Å²) in [7, 11) is 0. The second-order valence-corrected chi connectivity index (χ2v) is 7.61. The van der Waals surface area contributed by atoms with E-state index in [2.05, 4.69) is 20.0 Å². The molecule has 8 heteroatoms. The number of imidazole rings is 1. The summed E-state index contributed by atoms with van der Waals surface area (Å²) in [4.78, 5) is 18.2. The van der Waals surface area contributed by atoms with Crippen LogP contribution in [0.4, 0.5) is 10.1 Å². The molecule has 1 aromatic heterocycles. The minimum atomic E-state index is -0.266. The van der Waals surface area contributed by atoms with Gasteiger partial charge in [0.1, 0.15) is 17.7 Å². The fraction of sp³-hybridized carbons (Fsp3) is 0.261. The van der Waals surface area contributed by atoms with Crippen LogP contribution in [0.25, 0.3) is 17.5 Å². The first-order valence-electron chi connectivity index (χ1n) is 10.3. The minimum absolute atomic E-state index is 0.0789. The van der Waals surface area contributed by atoms with Gasteiger partial charge in [0, 0.05) is 37.5 Å². The monoisotopic (exact) mass is 419 g/mol. The van der Waals surface area contributed by atoms with Crippen LogP contribution in [0.1, 0.15) is 23.2 Å². The number of hydrogen-bond acceptors (Lipinski definition) is 6. The van der Waals surface area contributed by atoms with Crippen molar-refractivity contribution in [3.8, 4) is 11.3 Å². The molecule has 7 nitrogen and oxygen atoms in total. The van der Waals surface area contributed by atoms with Gasteiger partial charge in [-0.1, -0.05) is 24.3 Å². The van der Waals surface area contributed by atoms with E-state index in [-0.39, 0.29) is 12.0 Å². The number of rotatable bonds is 5. The smallest absolute Gasteiger partial charge is 0.151 e. The molecule has 2 aliphatic heterocycles. The standard InChI is InChI=1S/C23H22FN5O2/c24-18-3-1-2-16(14-18)15-20-21(17-4-6-19(27-30)7-5-17)29-9-8-25-22(23(29)26-20)28-10-12-31-13-11-28/h1-9,14,22,25H,10-13,15H2. The van der Waals surface area contributed by atoms with Gasteiger partial charge in [-0.2, -0.15) is 0 Å². The highest BCUT2D eigenvalue weighted by molar-refractivity contribution is 5.68. The molecule has 0 spiro atoms. The average molecular weight is 419 g/mol. The number of aromatic nitrogens is 2. The van der Waals surface area contributed by atoms with Crippen LogP contribution in [-0.2, 0) is 11.2 Å². The predicted molar refractivity (Wildman–Crippen MR) is 116 cm³/mol. The summed E-state index contributed by atoms with van der Waals surface area (Å²) >= 11 is 0. The molecule has 3 aromatic rings. The van der Waals surface area contributed by atoms with Gasteiger partial charge in [-0.25, -0.2) is 9.37 Å². The van der Waals surface area contributed by atoms with Crippen molar-refractivity contribution in [3.63, 3.8) is 0 Å². The molecule has 2 aromatic carbocycles.